The van der Waals surface area contributed by atoms with Crippen LogP contribution in [0.5, 0.6) is 5.75 Å². The fourth-order valence-corrected chi connectivity index (χ4v) is 4.06. The molecule has 6 heteroatoms. The Hall–Kier alpha value is -2.86. The zero-order valence-electron chi connectivity index (χ0n) is 14.9. The Kier molecular flexibility index (Phi) is 4.12. The highest BCUT2D eigenvalue weighted by atomic mass is 32.1. The SMILES string of the molecule is COc1ccc(-c2nc3sc4ccccc4n3c2CC(=O)N(C)C)cc1. The molecule has 0 fully saturated rings. The van der Waals surface area contributed by atoms with Crippen molar-refractivity contribution < 1.29 is 9.53 Å². The maximum Gasteiger partial charge on any atom is 0.228 e. The van der Waals surface area contributed by atoms with Gasteiger partial charge >= 0.3 is 0 Å². The Morgan fingerprint density at radius 1 is 1.15 bits per heavy atom. The van der Waals surface area contributed by atoms with Crippen molar-refractivity contribution in [1.29, 1.82) is 0 Å². The summed E-state index contributed by atoms with van der Waals surface area (Å²) < 4.78 is 8.52. The number of amides is 1. The van der Waals surface area contributed by atoms with E-state index < -0.39 is 0 Å². The van der Waals surface area contributed by atoms with Crippen LogP contribution in [0.15, 0.2) is 48.5 Å². The Bertz CT molecular complexity index is 1090. The Morgan fingerprint density at radius 3 is 2.58 bits per heavy atom. The average molecular weight is 365 g/mol. The standard InChI is InChI=1S/C20H19N3O2S/c1-22(2)18(24)12-16-19(13-8-10-14(25-3)11-9-13)21-20-23(16)15-6-4-5-7-17(15)26-20/h4-11H,12H2,1-3H3. The van der Waals surface area contributed by atoms with Gasteiger partial charge in [-0.15, -0.1) is 0 Å². The normalized spacial score (nSPS) is 11.2. The molecular formula is C20H19N3O2S. The van der Waals surface area contributed by atoms with Gasteiger partial charge in [0.2, 0.25) is 5.91 Å². The van der Waals surface area contributed by atoms with E-state index >= 15 is 0 Å². The molecule has 2 aromatic heterocycles. The predicted octanol–water partition coefficient (Wildman–Crippen LogP) is 3.86. The van der Waals surface area contributed by atoms with Crippen molar-refractivity contribution in [3.63, 3.8) is 0 Å². The second-order valence-electron chi connectivity index (χ2n) is 6.29. The monoisotopic (exact) mass is 365 g/mol. The van der Waals surface area contributed by atoms with Gasteiger partial charge < -0.3 is 9.64 Å². The molecular weight excluding hydrogens is 346 g/mol. The van der Waals surface area contributed by atoms with Gasteiger partial charge in [-0.3, -0.25) is 9.20 Å². The summed E-state index contributed by atoms with van der Waals surface area (Å²) in [7, 11) is 5.20. The molecule has 0 aliphatic heterocycles. The van der Waals surface area contributed by atoms with Gasteiger partial charge in [0.05, 0.1) is 35.1 Å². The lowest BCUT2D eigenvalue weighted by molar-refractivity contribution is -0.128. The third-order valence-corrected chi connectivity index (χ3v) is 5.45. The van der Waals surface area contributed by atoms with Gasteiger partial charge in [0.1, 0.15) is 5.75 Å². The number of benzene rings is 2. The van der Waals surface area contributed by atoms with E-state index in [1.165, 1.54) is 0 Å². The van der Waals surface area contributed by atoms with Crippen molar-refractivity contribution in [2.24, 2.45) is 0 Å². The lowest BCUT2D eigenvalue weighted by Crippen LogP contribution is -2.24. The average Bonchev–Trinajstić information content (AvgIpc) is 3.18. The van der Waals surface area contributed by atoms with E-state index in [0.717, 1.165) is 37.9 Å². The third kappa shape index (κ3) is 2.72. The summed E-state index contributed by atoms with van der Waals surface area (Å²) in [6.07, 6.45) is 0.302. The first-order valence-corrected chi connectivity index (χ1v) is 9.13. The van der Waals surface area contributed by atoms with Crippen LogP contribution in [0.25, 0.3) is 26.4 Å². The number of carbonyl (C=O) groups is 1. The summed E-state index contributed by atoms with van der Waals surface area (Å²) >= 11 is 1.64. The summed E-state index contributed by atoms with van der Waals surface area (Å²) in [4.78, 5) is 19.8. The second kappa shape index (κ2) is 6.46. The molecule has 1 amide bonds. The van der Waals surface area contributed by atoms with E-state index in [4.69, 9.17) is 9.72 Å². The van der Waals surface area contributed by atoms with Crippen LogP contribution >= 0.6 is 11.3 Å². The smallest absolute Gasteiger partial charge is 0.228 e. The van der Waals surface area contributed by atoms with Crippen LogP contribution in [0, 0.1) is 0 Å². The summed E-state index contributed by atoms with van der Waals surface area (Å²) in [6, 6.07) is 16.0. The molecule has 132 valence electrons. The minimum absolute atomic E-state index is 0.0526. The van der Waals surface area contributed by atoms with E-state index in [0.29, 0.717) is 6.42 Å². The van der Waals surface area contributed by atoms with Crippen LogP contribution in [-0.2, 0) is 11.2 Å². The first-order valence-electron chi connectivity index (χ1n) is 8.32. The van der Waals surface area contributed by atoms with E-state index in [9.17, 15) is 4.79 Å². The molecule has 0 spiro atoms. The Labute approximate surface area is 155 Å². The van der Waals surface area contributed by atoms with Gasteiger partial charge in [-0.2, -0.15) is 0 Å². The van der Waals surface area contributed by atoms with E-state index in [-0.39, 0.29) is 5.91 Å². The number of nitrogens with zero attached hydrogens (tertiary/aromatic N) is 3. The van der Waals surface area contributed by atoms with Crippen molar-refractivity contribution in [2.45, 2.75) is 6.42 Å². The number of methoxy groups -OCH3 is 1. The lowest BCUT2D eigenvalue weighted by Gasteiger charge is -2.11. The van der Waals surface area contributed by atoms with Crippen molar-refractivity contribution in [1.82, 2.24) is 14.3 Å². The predicted molar refractivity (Wildman–Crippen MR) is 105 cm³/mol. The molecule has 0 saturated heterocycles. The number of hydrogen-bond donors (Lipinski definition) is 0. The summed E-state index contributed by atoms with van der Waals surface area (Å²) in [6.45, 7) is 0. The number of thiazole rings is 1. The number of likely N-dealkylation sites (N-methyl/N-ethyl adjacent to an activating group) is 1. The van der Waals surface area contributed by atoms with Gasteiger partial charge in [-0.05, 0) is 36.4 Å². The molecule has 0 unspecified atom stereocenters. The number of rotatable bonds is 4. The number of fused-ring (bicyclic) bond motifs is 3. The molecule has 2 heterocycles. The van der Waals surface area contributed by atoms with E-state index in [1.807, 2.05) is 36.4 Å². The van der Waals surface area contributed by atoms with Crippen molar-refractivity contribution in [3.05, 3.63) is 54.2 Å². The first-order chi connectivity index (χ1) is 12.6. The highest BCUT2D eigenvalue weighted by Crippen LogP contribution is 2.33. The minimum atomic E-state index is 0.0526. The number of hydrogen-bond acceptors (Lipinski definition) is 4. The number of ether oxygens (including phenoxy) is 1. The molecule has 0 saturated carbocycles. The van der Waals surface area contributed by atoms with Crippen LogP contribution in [-0.4, -0.2) is 41.4 Å². The van der Waals surface area contributed by atoms with Crippen molar-refractivity contribution in [3.8, 4) is 17.0 Å². The maximum atomic E-state index is 12.5. The van der Waals surface area contributed by atoms with Gasteiger partial charge in [0.25, 0.3) is 0 Å². The van der Waals surface area contributed by atoms with Crippen LogP contribution in [0.2, 0.25) is 0 Å². The molecule has 0 aliphatic carbocycles. The van der Waals surface area contributed by atoms with Crippen LogP contribution in [0.1, 0.15) is 5.69 Å². The lowest BCUT2D eigenvalue weighted by atomic mass is 10.1. The highest BCUT2D eigenvalue weighted by Gasteiger charge is 2.21. The fraction of sp³-hybridized carbons (Fsp3) is 0.200. The largest absolute Gasteiger partial charge is 0.497 e. The Morgan fingerprint density at radius 2 is 1.88 bits per heavy atom. The van der Waals surface area contributed by atoms with E-state index in [2.05, 4.69) is 16.5 Å². The third-order valence-electron chi connectivity index (χ3n) is 4.43. The highest BCUT2D eigenvalue weighted by molar-refractivity contribution is 7.23. The number of carbonyl (C=O) groups excluding carboxylic acids is 1. The molecule has 26 heavy (non-hydrogen) atoms. The molecule has 4 rings (SSSR count). The zero-order chi connectivity index (χ0) is 18.3. The molecule has 2 aromatic carbocycles. The molecule has 5 nitrogen and oxygen atoms in total. The fourth-order valence-electron chi connectivity index (χ4n) is 3.02. The first kappa shape index (κ1) is 16.6. The van der Waals surface area contributed by atoms with Gasteiger partial charge in [-0.25, -0.2) is 4.98 Å². The molecule has 0 atom stereocenters. The van der Waals surface area contributed by atoms with E-state index in [1.54, 1.807) is 37.4 Å². The number of para-hydroxylation sites is 1. The Balaban J connectivity index is 1.94. The van der Waals surface area contributed by atoms with Gasteiger partial charge in [0.15, 0.2) is 4.96 Å². The second-order valence-corrected chi connectivity index (χ2v) is 7.30. The topological polar surface area (TPSA) is 46.8 Å². The van der Waals surface area contributed by atoms with Crippen LogP contribution in [0.4, 0.5) is 0 Å². The molecule has 0 aliphatic rings. The number of imidazole rings is 1. The zero-order valence-corrected chi connectivity index (χ0v) is 15.7. The summed E-state index contributed by atoms with van der Waals surface area (Å²) in [5, 5.41) is 0. The van der Waals surface area contributed by atoms with Crippen molar-refractivity contribution in [2.75, 3.05) is 21.2 Å². The number of aromatic nitrogens is 2. The molecule has 0 bridgehead atoms. The summed E-state index contributed by atoms with van der Waals surface area (Å²) in [5.41, 5.74) is 3.83. The van der Waals surface area contributed by atoms with Crippen LogP contribution in [0.3, 0.4) is 0 Å². The summed E-state index contributed by atoms with van der Waals surface area (Å²) in [5.74, 6) is 0.850. The minimum Gasteiger partial charge on any atom is -0.497 e. The quantitative estimate of drug-likeness (QED) is 0.552. The van der Waals surface area contributed by atoms with Gasteiger partial charge in [0, 0.05) is 19.7 Å². The van der Waals surface area contributed by atoms with Crippen molar-refractivity contribution >= 4 is 32.4 Å². The molecule has 0 N–H and O–H groups in total. The molecule has 0 radical (unpaired) electrons. The van der Waals surface area contributed by atoms with Gasteiger partial charge in [-0.1, -0.05) is 23.5 Å². The maximum absolute atomic E-state index is 12.5. The molecule has 4 aromatic rings. The van der Waals surface area contributed by atoms with Crippen LogP contribution < -0.4 is 4.74 Å².